The molecule has 0 aliphatic carbocycles. The second kappa shape index (κ2) is 11.8. The maximum absolute atomic E-state index is 13.3. The van der Waals surface area contributed by atoms with E-state index in [1.807, 2.05) is 30.3 Å². The lowest BCUT2D eigenvalue weighted by Crippen LogP contribution is -2.43. The van der Waals surface area contributed by atoms with Crippen molar-refractivity contribution >= 4 is 10.8 Å². The number of hydrogen-bond acceptors (Lipinski definition) is 7. The first-order chi connectivity index (χ1) is 15.4. The zero-order chi connectivity index (χ0) is 24.5. The highest BCUT2D eigenvalue weighted by molar-refractivity contribution is 5.83. The van der Waals surface area contributed by atoms with Gasteiger partial charge in [-0.2, -0.15) is 17.6 Å². The first-order valence-electron chi connectivity index (χ1n) is 9.51. The van der Waals surface area contributed by atoms with Crippen LogP contribution in [0.3, 0.4) is 0 Å². The molecule has 186 valence electrons. The molecule has 0 saturated heterocycles. The predicted octanol–water partition coefficient (Wildman–Crippen LogP) is 3.37. The lowest BCUT2D eigenvalue weighted by molar-refractivity contribution is -0.517. The van der Waals surface area contributed by atoms with E-state index in [4.69, 9.17) is 14.6 Å². The topological polar surface area (TPSA) is 86.6 Å². The Morgan fingerprint density at radius 2 is 1.42 bits per heavy atom. The Balaban J connectivity index is 1.61. The quantitative estimate of drug-likeness (QED) is 0.226. The number of benzene rings is 2. The van der Waals surface area contributed by atoms with Gasteiger partial charge in [0.15, 0.2) is 0 Å². The summed E-state index contributed by atoms with van der Waals surface area (Å²) in [6, 6.07) is 13.0. The SMILES string of the molecule is OCC(F)(F)OC(F)(F)OC(F)(F)COCCOCC(O)COc1ccc2ccccc2c1. The molecule has 2 aromatic rings. The molecule has 0 heterocycles. The largest absolute Gasteiger partial charge is 0.495 e. The zero-order valence-electron chi connectivity index (χ0n) is 17.1. The number of ether oxygens (including phenoxy) is 5. The third kappa shape index (κ3) is 10.1. The highest BCUT2D eigenvalue weighted by Crippen LogP contribution is 2.33. The summed E-state index contributed by atoms with van der Waals surface area (Å²) in [6.45, 7) is -5.02. The molecule has 0 radical (unpaired) electrons. The van der Waals surface area contributed by atoms with E-state index >= 15 is 0 Å². The standard InChI is InChI=1S/C20H22F6O7/c21-18(22,12-27)32-20(25,26)33-19(23,24)13-30-8-7-29-10-16(28)11-31-17-6-5-14-3-1-2-4-15(14)9-17/h1-6,9,16,27-28H,7-8,10-13H2. The number of halogens is 6. The van der Waals surface area contributed by atoms with Crippen molar-refractivity contribution in [2.75, 3.05) is 39.6 Å². The molecule has 33 heavy (non-hydrogen) atoms. The molecule has 7 nitrogen and oxygen atoms in total. The van der Waals surface area contributed by atoms with Gasteiger partial charge in [-0.3, -0.25) is 0 Å². The molecular formula is C20H22F6O7. The molecule has 13 heteroatoms. The zero-order valence-corrected chi connectivity index (χ0v) is 17.1. The van der Waals surface area contributed by atoms with Gasteiger partial charge >= 0.3 is 18.5 Å². The summed E-state index contributed by atoms with van der Waals surface area (Å²) in [4.78, 5) is 0. The minimum absolute atomic E-state index is 0.112. The Labute approximate surface area is 184 Å². The van der Waals surface area contributed by atoms with Crippen LogP contribution in [0.5, 0.6) is 5.75 Å². The lowest BCUT2D eigenvalue weighted by atomic mass is 10.1. The molecule has 0 fully saturated rings. The summed E-state index contributed by atoms with van der Waals surface area (Å²) in [6.07, 6.45) is -15.9. The van der Waals surface area contributed by atoms with Crippen molar-refractivity contribution in [3.05, 3.63) is 42.5 Å². The number of alkyl halides is 6. The molecular weight excluding hydrogens is 466 g/mol. The van der Waals surface area contributed by atoms with Crippen LogP contribution in [0.15, 0.2) is 42.5 Å². The highest BCUT2D eigenvalue weighted by atomic mass is 19.3. The van der Waals surface area contributed by atoms with Gasteiger partial charge in [-0.1, -0.05) is 30.3 Å². The van der Waals surface area contributed by atoms with Gasteiger partial charge in [0.05, 0.1) is 19.8 Å². The molecule has 0 amide bonds. The van der Waals surface area contributed by atoms with E-state index < -0.39 is 44.4 Å². The first-order valence-corrected chi connectivity index (χ1v) is 9.51. The molecule has 0 aromatic heterocycles. The van der Waals surface area contributed by atoms with E-state index in [1.165, 1.54) is 0 Å². The van der Waals surface area contributed by atoms with Crippen molar-refractivity contribution in [2.45, 2.75) is 24.6 Å². The van der Waals surface area contributed by atoms with Crippen LogP contribution in [-0.4, -0.2) is 74.5 Å². The van der Waals surface area contributed by atoms with Gasteiger partial charge in [0.2, 0.25) is 0 Å². The molecule has 2 N–H and O–H groups in total. The summed E-state index contributed by atoms with van der Waals surface area (Å²) >= 11 is 0. The second-order valence-corrected chi connectivity index (χ2v) is 6.70. The van der Waals surface area contributed by atoms with Crippen molar-refractivity contribution in [3.63, 3.8) is 0 Å². The molecule has 0 bridgehead atoms. The number of aliphatic hydroxyl groups is 2. The monoisotopic (exact) mass is 488 g/mol. The van der Waals surface area contributed by atoms with Crippen LogP contribution in [0.2, 0.25) is 0 Å². The Hall–Kier alpha value is -2.16. The number of aliphatic hydroxyl groups excluding tert-OH is 2. The third-order valence-electron chi connectivity index (χ3n) is 3.84. The minimum Gasteiger partial charge on any atom is -0.491 e. The van der Waals surface area contributed by atoms with Gasteiger partial charge in [-0.25, -0.2) is 9.47 Å². The summed E-state index contributed by atoms with van der Waals surface area (Å²) < 4.78 is 98.1. The van der Waals surface area contributed by atoms with E-state index in [2.05, 4.69) is 14.2 Å². The summed E-state index contributed by atoms with van der Waals surface area (Å²) in [5.41, 5.74) is 0. The average Bonchev–Trinajstić information content (AvgIpc) is 2.73. The van der Waals surface area contributed by atoms with E-state index in [-0.39, 0.29) is 19.8 Å². The molecule has 1 atom stereocenters. The Morgan fingerprint density at radius 3 is 2.12 bits per heavy atom. The van der Waals surface area contributed by atoms with Crippen LogP contribution in [0, 0.1) is 0 Å². The van der Waals surface area contributed by atoms with Gasteiger partial charge in [0, 0.05) is 0 Å². The van der Waals surface area contributed by atoms with E-state index in [0.29, 0.717) is 5.75 Å². The van der Waals surface area contributed by atoms with E-state index in [9.17, 15) is 31.4 Å². The van der Waals surface area contributed by atoms with Crippen molar-refractivity contribution in [3.8, 4) is 5.75 Å². The molecule has 0 saturated carbocycles. The maximum Gasteiger partial charge on any atom is 0.495 e. The van der Waals surface area contributed by atoms with Gasteiger partial charge in [-0.15, -0.1) is 8.78 Å². The van der Waals surface area contributed by atoms with Gasteiger partial charge < -0.3 is 24.4 Å². The Morgan fingerprint density at radius 1 is 0.788 bits per heavy atom. The van der Waals surface area contributed by atoms with Crippen molar-refractivity contribution < 1.29 is 60.2 Å². The maximum atomic E-state index is 13.3. The minimum atomic E-state index is -5.38. The molecule has 0 spiro atoms. The molecule has 0 aliphatic heterocycles. The van der Waals surface area contributed by atoms with Crippen molar-refractivity contribution in [1.29, 1.82) is 0 Å². The normalized spacial score (nSPS) is 13.9. The smallest absolute Gasteiger partial charge is 0.491 e. The van der Waals surface area contributed by atoms with Crippen LogP contribution in [0.25, 0.3) is 10.8 Å². The lowest BCUT2D eigenvalue weighted by Gasteiger charge is -2.25. The van der Waals surface area contributed by atoms with Crippen LogP contribution >= 0.6 is 0 Å². The fourth-order valence-electron chi connectivity index (χ4n) is 2.46. The third-order valence-corrected chi connectivity index (χ3v) is 3.84. The van der Waals surface area contributed by atoms with Crippen molar-refractivity contribution in [2.24, 2.45) is 0 Å². The van der Waals surface area contributed by atoms with Crippen LogP contribution in [0.1, 0.15) is 0 Å². The highest BCUT2D eigenvalue weighted by Gasteiger charge is 2.52. The summed E-state index contributed by atoms with van der Waals surface area (Å²) in [7, 11) is 0. The van der Waals surface area contributed by atoms with E-state index in [1.54, 1.807) is 12.1 Å². The van der Waals surface area contributed by atoms with Gasteiger partial charge in [0.1, 0.15) is 31.7 Å². The Kier molecular flexibility index (Phi) is 9.70. The average molecular weight is 488 g/mol. The predicted molar refractivity (Wildman–Crippen MR) is 101 cm³/mol. The van der Waals surface area contributed by atoms with Gasteiger partial charge in [-0.05, 0) is 22.9 Å². The molecule has 2 rings (SSSR count). The fourth-order valence-corrected chi connectivity index (χ4v) is 2.46. The molecule has 1 unspecified atom stereocenters. The molecule has 2 aromatic carbocycles. The second-order valence-electron chi connectivity index (χ2n) is 6.70. The van der Waals surface area contributed by atoms with Crippen LogP contribution in [0.4, 0.5) is 26.3 Å². The summed E-state index contributed by atoms with van der Waals surface area (Å²) in [5, 5.41) is 19.9. The Bertz CT molecular complexity index is 868. The van der Waals surface area contributed by atoms with Crippen LogP contribution in [-0.2, 0) is 18.9 Å². The summed E-state index contributed by atoms with van der Waals surface area (Å²) in [5.74, 6) is 0.524. The first kappa shape index (κ1) is 27.1. The van der Waals surface area contributed by atoms with E-state index in [0.717, 1.165) is 10.8 Å². The number of rotatable bonds is 15. The number of fused-ring (bicyclic) bond motifs is 1. The van der Waals surface area contributed by atoms with Crippen molar-refractivity contribution in [1.82, 2.24) is 0 Å². The fraction of sp³-hybridized carbons (Fsp3) is 0.500. The molecule has 0 aliphatic rings. The van der Waals surface area contributed by atoms with Gasteiger partial charge in [0.25, 0.3) is 0 Å². The number of hydrogen-bond donors (Lipinski definition) is 2. The van der Waals surface area contributed by atoms with Crippen LogP contribution < -0.4 is 4.74 Å².